The van der Waals surface area contributed by atoms with Gasteiger partial charge in [0.25, 0.3) is 0 Å². The van der Waals surface area contributed by atoms with Crippen molar-refractivity contribution in [2.75, 3.05) is 13.1 Å². The minimum atomic E-state index is -0.947. The van der Waals surface area contributed by atoms with E-state index in [-0.39, 0.29) is 24.8 Å². The van der Waals surface area contributed by atoms with Crippen LogP contribution in [0, 0.1) is 5.41 Å². The number of nitrogens with zero attached hydrogens (tertiary/aromatic N) is 1. The first kappa shape index (κ1) is 16.5. The number of aliphatic carboxylic acids is 1. The molecule has 0 unspecified atom stereocenters. The van der Waals surface area contributed by atoms with Gasteiger partial charge in [0, 0.05) is 24.9 Å². The fourth-order valence-corrected chi connectivity index (χ4v) is 2.18. The average molecular weight is 284 g/mol. The molecule has 1 atom stereocenters. The fraction of sp³-hybridized carbons (Fsp3) is 0.786. The summed E-state index contributed by atoms with van der Waals surface area (Å²) in [6.07, 6.45) is 2.33. The van der Waals surface area contributed by atoms with Crippen LogP contribution in [0.4, 0.5) is 0 Å². The van der Waals surface area contributed by atoms with Gasteiger partial charge in [-0.2, -0.15) is 0 Å². The van der Waals surface area contributed by atoms with E-state index in [1.165, 1.54) is 4.90 Å². The summed E-state index contributed by atoms with van der Waals surface area (Å²) in [5, 5.41) is 11.8. The highest BCUT2D eigenvalue weighted by Gasteiger charge is 2.31. The molecule has 0 aromatic rings. The van der Waals surface area contributed by atoms with Crippen molar-refractivity contribution < 1.29 is 19.5 Å². The lowest BCUT2D eigenvalue weighted by Gasteiger charge is -2.33. The number of piperidine rings is 1. The summed E-state index contributed by atoms with van der Waals surface area (Å²) in [6, 6.07) is -0.713. The van der Waals surface area contributed by atoms with Crippen LogP contribution in [0.5, 0.6) is 0 Å². The Kier molecular flexibility index (Phi) is 5.53. The molecule has 1 rings (SSSR count). The number of nitrogens with one attached hydrogen (secondary N) is 1. The van der Waals surface area contributed by atoms with Crippen LogP contribution < -0.4 is 5.32 Å². The zero-order chi connectivity index (χ0) is 15.3. The van der Waals surface area contributed by atoms with Crippen molar-refractivity contribution in [3.8, 4) is 0 Å². The average Bonchev–Trinajstić information content (AvgIpc) is 2.37. The molecule has 0 spiro atoms. The molecule has 0 bridgehead atoms. The van der Waals surface area contributed by atoms with Gasteiger partial charge in [0.2, 0.25) is 11.8 Å². The van der Waals surface area contributed by atoms with E-state index in [1.807, 2.05) is 0 Å². The summed E-state index contributed by atoms with van der Waals surface area (Å²) in [6.45, 7) is 6.14. The van der Waals surface area contributed by atoms with E-state index in [4.69, 9.17) is 5.11 Å². The van der Waals surface area contributed by atoms with Crippen molar-refractivity contribution in [1.29, 1.82) is 0 Å². The minimum Gasteiger partial charge on any atom is -0.480 e. The Morgan fingerprint density at radius 3 is 2.45 bits per heavy atom. The van der Waals surface area contributed by atoms with E-state index in [9.17, 15) is 14.4 Å². The summed E-state index contributed by atoms with van der Waals surface area (Å²) >= 11 is 0. The number of carboxylic acid groups (broad SMARTS) is 1. The van der Waals surface area contributed by atoms with Crippen molar-refractivity contribution in [1.82, 2.24) is 10.2 Å². The van der Waals surface area contributed by atoms with Crippen LogP contribution in [0.25, 0.3) is 0 Å². The van der Waals surface area contributed by atoms with Crippen molar-refractivity contribution in [3.63, 3.8) is 0 Å². The normalized spacial score (nSPS) is 19.6. The molecule has 1 aliphatic rings. The molecule has 0 aromatic carbocycles. The van der Waals surface area contributed by atoms with E-state index >= 15 is 0 Å². The molecule has 0 saturated carbocycles. The Balaban J connectivity index is 2.45. The Morgan fingerprint density at radius 2 is 1.90 bits per heavy atom. The van der Waals surface area contributed by atoms with Crippen LogP contribution in [-0.4, -0.2) is 46.9 Å². The van der Waals surface area contributed by atoms with Gasteiger partial charge in [-0.25, -0.2) is 4.79 Å². The maximum Gasteiger partial charge on any atom is 0.326 e. The van der Waals surface area contributed by atoms with E-state index in [2.05, 4.69) is 5.32 Å². The third-order valence-corrected chi connectivity index (χ3v) is 3.41. The van der Waals surface area contributed by atoms with Gasteiger partial charge in [0.1, 0.15) is 6.04 Å². The van der Waals surface area contributed by atoms with Crippen LogP contribution in [0.15, 0.2) is 0 Å². The maximum absolute atomic E-state index is 12.1. The highest BCUT2D eigenvalue weighted by Crippen LogP contribution is 2.18. The molecule has 1 saturated heterocycles. The first-order valence-electron chi connectivity index (χ1n) is 7.04. The number of hydrogen-bond donors (Lipinski definition) is 2. The second-order valence-electron chi connectivity index (χ2n) is 6.19. The summed E-state index contributed by atoms with van der Waals surface area (Å²) in [7, 11) is 0. The van der Waals surface area contributed by atoms with Gasteiger partial charge in [-0.3, -0.25) is 9.59 Å². The zero-order valence-electron chi connectivity index (χ0n) is 12.4. The molecule has 2 amide bonds. The number of carboxylic acids is 1. The lowest BCUT2D eigenvalue weighted by Crippen LogP contribution is -2.48. The number of carbonyl (C=O) groups excluding carboxylic acids is 2. The number of likely N-dealkylation sites (tertiary alicyclic amines) is 1. The number of hydrogen-bond acceptors (Lipinski definition) is 3. The van der Waals surface area contributed by atoms with Crippen molar-refractivity contribution in [2.24, 2.45) is 5.41 Å². The molecular formula is C14H24N2O4. The topological polar surface area (TPSA) is 86.7 Å². The second kappa shape index (κ2) is 6.72. The van der Waals surface area contributed by atoms with Gasteiger partial charge in [0.15, 0.2) is 0 Å². The van der Waals surface area contributed by atoms with Crippen LogP contribution in [0.1, 0.15) is 46.5 Å². The first-order chi connectivity index (χ1) is 9.23. The van der Waals surface area contributed by atoms with Crippen LogP contribution >= 0.6 is 0 Å². The highest BCUT2D eigenvalue weighted by molar-refractivity contribution is 5.85. The molecule has 114 valence electrons. The molecule has 0 aromatic heterocycles. The quantitative estimate of drug-likeness (QED) is 0.806. The number of amides is 2. The zero-order valence-corrected chi connectivity index (χ0v) is 12.4. The summed E-state index contributed by atoms with van der Waals surface area (Å²) < 4.78 is 0. The Hall–Kier alpha value is -1.59. The summed E-state index contributed by atoms with van der Waals surface area (Å²) in [5.74, 6) is -1.26. The Labute approximate surface area is 119 Å². The highest BCUT2D eigenvalue weighted by atomic mass is 16.4. The van der Waals surface area contributed by atoms with Crippen molar-refractivity contribution in [3.05, 3.63) is 0 Å². The van der Waals surface area contributed by atoms with Crippen LogP contribution in [-0.2, 0) is 14.4 Å². The lowest BCUT2D eigenvalue weighted by atomic mass is 9.96. The molecule has 20 heavy (non-hydrogen) atoms. The summed E-state index contributed by atoms with van der Waals surface area (Å²) in [5.41, 5.74) is -0.488. The largest absolute Gasteiger partial charge is 0.480 e. The van der Waals surface area contributed by atoms with Gasteiger partial charge < -0.3 is 15.3 Å². The SMILES string of the molecule is CC(C)(C)C(=O)NCCC(=O)N1CCCC[C@@H]1C(=O)O. The molecule has 1 heterocycles. The fourth-order valence-electron chi connectivity index (χ4n) is 2.18. The summed E-state index contributed by atoms with van der Waals surface area (Å²) in [4.78, 5) is 36.3. The van der Waals surface area contributed by atoms with Crippen molar-refractivity contribution >= 4 is 17.8 Å². The molecule has 0 radical (unpaired) electrons. The van der Waals surface area contributed by atoms with Gasteiger partial charge in [-0.05, 0) is 19.3 Å². The molecule has 0 aliphatic carbocycles. The molecule has 1 aliphatic heterocycles. The second-order valence-corrected chi connectivity index (χ2v) is 6.19. The third kappa shape index (κ3) is 4.51. The predicted octanol–water partition coefficient (Wildman–Crippen LogP) is 1.00. The Morgan fingerprint density at radius 1 is 1.25 bits per heavy atom. The standard InChI is InChI=1S/C14H24N2O4/c1-14(2,3)13(20)15-8-7-11(17)16-9-5-4-6-10(16)12(18)19/h10H,4-9H2,1-3H3,(H,15,20)(H,18,19)/t10-/m1/s1. The third-order valence-electron chi connectivity index (χ3n) is 3.41. The van der Waals surface area contributed by atoms with Crippen LogP contribution in [0.2, 0.25) is 0 Å². The first-order valence-corrected chi connectivity index (χ1v) is 7.04. The smallest absolute Gasteiger partial charge is 0.326 e. The lowest BCUT2D eigenvalue weighted by molar-refractivity contribution is -0.152. The van der Waals surface area contributed by atoms with Gasteiger partial charge >= 0.3 is 5.97 Å². The molecule has 1 fully saturated rings. The van der Waals surface area contributed by atoms with Gasteiger partial charge in [-0.15, -0.1) is 0 Å². The molecular weight excluding hydrogens is 260 g/mol. The molecule has 2 N–H and O–H groups in total. The number of rotatable bonds is 4. The molecule has 6 heteroatoms. The van der Waals surface area contributed by atoms with E-state index < -0.39 is 17.4 Å². The molecule has 6 nitrogen and oxygen atoms in total. The van der Waals surface area contributed by atoms with Crippen LogP contribution in [0.3, 0.4) is 0 Å². The van der Waals surface area contributed by atoms with Gasteiger partial charge in [0.05, 0.1) is 0 Å². The predicted molar refractivity (Wildman–Crippen MR) is 74.1 cm³/mol. The monoisotopic (exact) mass is 284 g/mol. The van der Waals surface area contributed by atoms with E-state index in [0.29, 0.717) is 13.0 Å². The Bertz CT molecular complexity index is 387. The minimum absolute atomic E-state index is 0.112. The van der Waals surface area contributed by atoms with Crippen molar-refractivity contribution in [2.45, 2.75) is 52.5 Å². The van der Waals surface area contributed by atoms with Gasteiger partial charge in [-0.1, -0.05) is 20.8 Å². The van der Waals surface area contributed by atoms with E-state index in [0.717, 1.165) is 12.8 Å². The van der Waals surface area contributed by atoms with E-state index in [1.54, 1.807) is 20.8 Å². The number of carbonyl (C=O) groups is 3. The maximum atomic E-state index is 12.1.